The van der Waals surface area contributed by atoms with Gasteiger partial charge < -0.3 is 19.5 Å². The number of nitrogens with one attached hydrogen (secondary N) is 1. The molecule has 0 aliphatic carbocycles. The van der Waals surface area contributed by atoms with Gasteiger partial charge in [-0.2, -0.15) is 0 Å². The minimum absolute atomic E-state index is 0.773. The van der Waals surface area contributed by atoms with Crippen molar-refractivity contribution < 1.29 is 14.2 Å². The summed E-state index contributed by atoms with van der Waals surface area (Å²) in [4.78, 5) is 0. The van der Waals surface area contributed by atoms with Gasteiger partial charge in [0, 0.05) is 25.3 Å². The molecule has 4 nitrogen and oxygen atoms in total. The minimum Gasteiger partial charge on any atom is -0.497 e. The fourth-order valence-corrected chi connectivity index (χ4v) is 1.89. The second-order valence-electron chi connectivity index (χ2n) is 4.67. The molecule has 1 aromatic carbocycles. The van der Waals surface area contributed by atoms with E-state index in [0.717, 1.165) is 56.2 Å². The van der Waals surface area contributed by atoms with Crippen molar-refractivity contribution in [3.8, 4) is 11.5 Å². The zero-order valence-corrected chi connectivity index (χ0v) is 12.9. The number of benzene rings is 1. The van der Waals surface area contributed by atoms with Crippen LogP contribution >= 0.6 is 0 Å². The normalized spacial score (nSPS) is 10.6. The van der Waals surface area contributed by atoms with E-state index in [4.69, 9.17) is 14.2 Å². The van der Waals surface area contributed by atoms with Crippen molar-refractivity contribution >= 4 is 0 Å². The van der Waals surface area contributed by atoms with Crippen molar-refractivity contribution in [2.24, 2.45) is 0 Å². The Bertz CT molecular complexity index is 369. The standard InChI is InChI=1S/C16H27NO3/c1-4-5-10-20-11-6-9-17-13-14-12-15(18-2)7-8-16(14)19-3/h7-8,12,17H,4-6,9-11,13H2,1-3H3. The first-order chi connectivity index (χ1) is 9.81. The number of unbranched alkanes of at least 4 members (excludes halogenated alkanes) is 1. The maximum Gasteiger partial charge on any atom is 0.123 e. The van der Waals surface area contributed by atoms with E-state index in [9.17, 15) is 0 Å². The lowest BCUT2D eigenvalue weighted by molar-refractivity contribution is 0.128. The van der Waals surface area contributed by atoms with Gasteiger partial charge in [0.25, 0.3) is 0 Å². The first-order valence-electron chi connectivity index (χ1n) is 7.31. The third-order valence-corrected chi connectivity index (χ3v) is 3.09. The molecule has 0 saturated carbocycles. The van der Waals surface area contributed by atoms with Crippen LogP contribution in [0.25, 0.3) is 0 Å². The van der Waals surface area contributed by atoms with E-state index in [1.807, 2.05) is 18.2 Å². The summed E-state index contributed by atoms with van der Waals surface area (Å²) in [6.07, 6.45) is 3.36. The molecule has 0 aromatic heterocycles. The van der Waals surface area contributed by atoms with Crippen LogP contribution in [0.5, 0.6) is 11.5 Å². The SMILES string of the molecule is CCCCOCCCNCc1cc(OC)ccc1OC. The van der Waals surface area contributed by atoms with Crippen molar-refractivity contribution in [2.45, 2.75) is 32.7 Å². The zero-order chi connectivity index (χ0) is 14.6. The Morgan fingerprint density at radius 2 is 1.85 bits per heavy atom. The van der Waals surface area contributed by atoms with E-state index in [0.29, 0.717) is 0 Å². The smallest absolute Gasteiger partial charge is 0.123 e. The Morgan fingerprint density at radius 3 is 2.55 bits per heavy atom. The van der Waals surface area contributed by atoms with Crippen LogP contribution in [0.15, 0.2) is 18.2 Å². The minimum atomic E-state index is 0.773. The van der Waals surface area contributed by atoms with E-state index in [2.05, 4.69) is 12.2 Å². The molecule has 0 radical (unpaired) electrons. The molecule has 0 unspecified atom stereocenters. The molecule has 1 aromatic rings. The summed E-state index contributed by atoms with van der Waals surface area (Å²) in [5.74, 6) is 1.74. The summed E-state index contributed by atoms with van der Waals surface area (Å²) in [5.41, 5.74) is 1.11. The fourth-order valence-electron chi connectivity index (χ4n) is 1.89. The lowest BCUT2D eigenvalue weighted by Gasteiger charge is -2.11. The zero-order valence-electron chi connectivity index (χ0n) is 12.9. The third kappa shape index (κ3) is 6.26. The molecule has 1 rings (SSSR count). The fraction of sp³-hybridized carbons (Fsp3) is 0.625. The first kappa shape index (κ1) is 16.8. The van der Waals surface area contributed by atoms with Gasteiger partial charge in [-0.05, 0) is 37.6 Å². The second-order valence-corrected chi connectivity index (χ2v) is 4.67. The Hall–Kier alpha value is -1.26. The van der Waals surface area contributed by atoms with Gasteiger partial charge in [0.1, 0.15) is 11.5 Å². The topological polar surface area (TPSA) is 39.7 Å². The molecule has 0 atom stereocenters. The van der Waals surface area contributed by atoms with Crippen molar-refractivity contribution in [3.63, 3.8) is 0 Å². The summed E-state index contributed by atoms with van der Waals surface area (Å²) >= 11 is 0. The number of methoxy groups -OCH3 is 2. The van der Waals surface area contributed by atoms with Gasteiger partial charge in [0.05, 0.1) is 14.2 Å². The number of rotatable bonds is 11. The number of hydrogen-bond acceptors (Lipinski definition) is 4. The highest BCUT2D eigenvalue weighted by atomic mass is 16.5. The Balaban J connectivity index is 2.24. The van der Waals surface area contributed by atoms with Gasteiger partial charge in [-0.25, -0.2) is 0 Å². The van der Waals surface area contributed by atoms with Crippen LogP contribution in [0, 0.1) is 0 Å². The molecule has 0 amide bonds. The maximum absolute atomic E-state index is 5.52. The molecule has 0 saturated heterocycles. The van der Waals surface area contributed by atoms with Crippen LogP contribution in [-0.4, -0.2) is 34.0 Å². The number of ether oxygens (including phenoxy) is 3. The van der Waals surface area contributed by atoms with Gasteiger partial charge in [-0.3, -0.25) is 0 Å². The van der Waals surface area contributed by atoms with Crippen LogP contribution in [-0.2, 0) is 11.3 Å². The molecule has 4 heteroatoms. The van der Waals surface area contributed by atoms with E-state index >= 15 is 0 Å². The highest BCUT2D eigenvalue weighted by Crippen LogP contribution is 2.23. The molecule has 0 heterocycles. The number of hydrogen-bond donors (Lipinski definition) is 1. The average Bonchev–Trinajstić information content (AvgIpc) is 2.49. The molecule has 0 bridgehead atoms. The van der Waals surface area contributed by atoms with E-state index in [1.54, 1.807) is 14.2 Å². The summed E-state index contributed by atoms with van der Waals surface area (Å²) in [5, 5.41) is 3.40. The van der Waals surface area contributed by atoms with Gasteiger partial charge in [0.2, 0.25) is 0 Å². The van der Waals surface area contributed by atoms with Crippen molar-refractivity contribution in [1.29, 1.82) is 0 Å². The van der Waals surface area contributed by atoms with Crippen molar-refractivity contribution in [2.75, 3.05) is 34.0 Å². The average molecular weight is 281 g/mol. The molecule has 1 N–H and O–H groups in total. The third-order valence-electron chi connectivity index (χ3n) is 3.09. The summed E-state index contributed by atoms with van der Waals surface area (Å²) in [7, 11) is 3.36. The van der Waals surface area contributed by atoms with E-state index in [1.165, 1.54) is 6.42 Å². The molecule has 20 heavy (non-hydrogen) atoms. The Morgan fingerprint density at radius 1 is 1.05 bits per heavy atom. The lowest BCUT2D eigenvalue weighted by atomic mass is 10.2. The van der Waals surface area contributed by atoms with Gasteiger partial charge >= 0.3 is 0 Å². The molecule has 114 valence electrons. The monoisotopic (exact) mass is 281 g/mol. The Labute approximate surface area is 122 Å². The quantitative estimate of drug-likeness (QED) is 0.633. The molecule has 0 spiro atoms. The summed E-state index contributed by atoms with van der Waals surface area (Å²) in [6.45, 7) is 5.58. The Kier molecular flexibility index (Phi) is 8.83. The van der Waals surface area contributed by atoms with Gasteiger partial charge in [0.15, 0.2) is 0 Å². The maximum atomic E-state index is 5.52. The predicted octanol–water partition coefficient (Wildman–Crippen LogP) is 3.00. The molecule has 0 aliphatic heterocycles. The second kappa shape index (κ2) is 10.5. The summed E-state index contributed by atoms with van der Waals surface area (Å²) in [6, 6.07) is 5.84. The van der Waals surface area contributed by atoms with E-state index in [-0.39, 0.29) is 0 Å². The van der Waals surface area contributed by atoms with Gasteiger partial charge in [-0.1, -0.05) is 13.3 Å². The van der Waals surface area contributed by atoms with Crippen LogP contribution < -0.4 is 14.8 Å². The van der Waals surface area contributed by atoms with Crippen LogP contribution in [0.1, 0.15) is 31.7 Å². The van der Waals surface area contributed by atoms with E-state index < -0.39 is 0 Å². The highest BCUT2D eigenvalue weighted by Gasteiger charge is 2.04. The molecular formula is C16H27NO3. The van der Waals surface area contributed by atoms with Crippen LogP contribution in [0.2, 0.25) is 0 Å². The van der Waals surface area contributed by atoms with Crippen molar-refractivity contribution in [3.05, 3.63) is 23.8 Å². The molecule has 0 fully saturated rings. The van der Waals surface area contributed by atoms with Crippen LogP contribution in [0.3, 0.4) is 0 Å². The highest BCUT2D eigenvalue weighted by molar-refractivity contribution is 5.40. The molecular weight excluding hydrogens is 254 g/mol. The van der Waals surface area contributed by atoms with Crippen LogP contribution in [0.4, 0.5) is 0 Å². The summed E-state index contributed by atoms with van der Waals surface area (Å²) < 4.78 is 16.1. The lowest BCUT2D eigenvalue weighted by Crippen LogP contribution is -2.17. The molecule has 0 aliphatic rings. The van der Waals surface area contributed by atoms with Crippen molar-refractivity contribution in [1.82, 2.24) is 5.32 Å². The van der Waals surface area contributed by atoms with Gasteiger partial charge in [-0.15, -0.1) is 0 Å². The first-order valence-corrected chi connectivity index (χ1v) is 7.31. The predicted molar refractivity (Wildman–Crippen MR) is 81.6 cm³/mol. The largest absolute Gasteiger partial charge is 0.497 e.